The summed E-state index contributed by atoms with van der Waals surface area (Å²) in [5.74, 6) is 1.84. The standard InChI is InChI=1S/C19H33N5O/c1-6-20-19(21-13-17-15-22(2)11-12-23(17)3)24(4)14-16-7-9-18(25-5)10-8-16/h7-10,17H,6,11-15H2,1-5H3,(H,20,21). The Labute approximate surface area is 152 Å². The molecule has 0 amide bonds. The van der Waals surface area contributed by atoms with Crippen LogP contribution in [0.2, 0.25) is 0 Å². The number of nitrogens with zero attached hydrogens (tertiary/aromatic N) is 4. The molecule has 0 aromatic heterocycles. The molecule has 1 aliphatic heterocycles. The van der Waals surface area contributed by atoms with Gasteiger partial charge in [-0.05, 0) is 38.7 Å². The number of ether oxygens (including phenoxy) is 1. The van der Waals surface area contributed by atoms with Crippen LogP contribution in [-0.2, 0) is 6.54 Å². The molecule has 0 aliphatic carbocycles. The molecule has 1 aromatic carbocycles. The van der Waals surface area contributed by atoms with E-state index in [0.29, 0.717) is 6.04 Å². The molecular weight excluding hydrogens is 314 g/mol. The molecule has 1 aromatic rings. The fraction of sp³-hybridized carbons (Fsp3) is 0.632. The fourth-order valence-corrected chi connectivity index (χ4v) is 3.04. The molecule has 25 heavy (non-hydrogen) atoms. The van der Waals surface area contributed by atoms with Gasteiger partial charge in [-0.25, -0.2) is 0 Å². The summed E-state index contributed by atoms with van der Waals surface area (Å²) in [4.78, 5) is 11.9. The van der Waals surface area contributed by atoms with Crippen LogP contribution in [0.15, 0.2) is 29.3 Å². The Bertz CT molecular complexity index is 545. The molecule has 2 rings (SSSR count). The van der Waals surface area contributed by atoms with Crippen molar-refractivity contribution in [3.8, 4) is 5.75 Å². The Morgan fingerprint density at radius 1 is 1.28 bits per heavy atom. The van der Waals surface area contributed by atoms with E-state index in [0.717, 1.165) is 51.0 Å². The zero-order valence-corrected chi connectivity index (χ0v) is 16.3. The maximum absolute atomic E-state index is 5.23. The van der Waals surface area contributed by atoms with Crippen LogP contribution in [-0.4, -0.2) is 87.7 Å². The van der Waals surface area contributed by atoms with Crippen LogP contribution in [0.1, 0.15) is 12.5 Å². The minimum Gasteiger partial charge on any atom is -0.497 e. The van der Waals surface area contributed by atoms with Crippen LogP contribution in [0.4, 0.5) is 0 Å². The number of guanidine groups is 1. The van der Waals surface area contributed by atoms with E-state index < -0.39 is 0 Å². The molecule has 0 spiro atoms. The monoisotopic (exact) mass is 347 g/mol. The average molecular weight is 348 g/mol. The van der Waals surface area contributed by atoms with E-state index in [1.54, 1.807) is 7.11 Å². The van der Waals surface area contributed by atoms with Crippen molar-refractivity contribution in [3.05, 3.63) is 29.8 Å². The van der Waals surface area contributed by atoms with Crippen LogP contribution in [0, 0.1) is 0 Å². The van der Waals surface area contributed by atoms with Crippen molar-refractivity contribution in [3.63, 3.8) is 0 Å². The summed E-state index contributed by atoms with van der Waals surface area (Å²) in [6.07, 6.45) is 0. The number of hydrogen-bond acceptors (Lipinski definition) is 4. The lowest BCUT2D eigenvalue weighted by Crippen LogP contribution is -2.51. The Morgan fingerprint density at radius 2 is 2.00 bits per heavy atom. The van der Waals surface area contributed by atoms with Gasteiger partial charge in [0.15, 0.2) is 5.96 Å². The molecule has 1 N–H and O–H groups in total. The summed E-state index contributed by atoms with van der Waals surface area (Å²) in [5.41, 5.74) is 1.24. The average Bonchev–Trinajstić information content (AvgIpc) is 2.61. The second-order valence-electron chi connectivity index (χ2n) is 6.80. The highest BCUT2D eigenvalue weighted by molar-refractivity contribution is 5.79. The van der Waals surface area contributed by atoms with Crippen molar-refractivity contribution in [2.75, 3.05) is 61.0 Å². The third-order valence-electron chi connectivity index (χ3n) is 4.71. The van der Waals surface area contributed by atoms with Crippen molar-refractivity contribution in [1.29, 1.82) is 0 Å². The quantitative estimate of drug-likeness (QED) is 0.621. The highest BCUT2D eigenvalue weighted by atomic mass is 16.5. The van der Waals surface area contributed by atoms with E-state index in [4.69, 9.17) is 9.73 Å². The molecule has 1 aliphatic rings. The van der Waals surface area contributed by atoms with Crippen LogP contribution in [0.5, 0.6) is 5.75 Å². The molecular formula is C19H33N5O. The Balaban J connectivity index is 1.99. The Kier molecular flexibility index (Phi) is 7.52. The first kappa shape index (κ1) is 19.5. The summed E-state index contributed by atoms with van der Waals surface area (Å²) < 4.78 is 5.23. The van der Waals surface area contributed by atoms with Gasteiger partial charge in [0.05, 0.1) is 13.7 Å². The highest BCUT2D eigenvalue weighted by Gasteiger charge is 2.22. The first-order valence-corrected chi connectivity index (χ1v) is 9.04. The van der Waals surface area contributed by atoms with Gasteiger partial charge in [0, 0.05) is 45.8 Å². The predicted molar refractivity (Wildman–Crippen MR) is 104 cm³/mol. The van der Waals surface area contributed by atoms with Crippen LogP contribution < -0.4 is 10.1 Å². The second-order valence-corrected chi connectivity index (χ2v) is 6.80. The molecule has 0 bridgehead atoms. The molecule has 6 heteroatoms. The molecule has 140 valence electrons. The number of nitrogens with one attached hydrogen (secondary N) is 1. The van der Waals surface area contributed by atoms with E-state index in [1.807, 2.05) is 12.1 Å². The van der Waals surface area contributed by atoms with E-state index in [2.05, 4.69) is 60.2 Å². The van der Waals surface area contributed by atoms with Crippen LogP contribution >= 0.6 is 0 Å². The molecule has 0 radical (unpaired) electrons. The Hall–Kier alpha value is -1.79. The van der Waals surface area contributed by atoms with Gasteiger partial charge in [0.2, 0.25) is 0 Å². The van der Waals surface area contributed by atoms with Crippen molar-refractivity contribution >= 4 is 5.96 Å². The number of hydrogen-bond donors (Lipinski definition) is 1. The lowest BCUT2D eigenvalue weighted by Gasteiger charge is -2.37. The number of aliphatic imine (C=N–C) groups is 1. The summed E-state index contributed by atoms with van der Waals surface area (Å²) in [6.45, 7) is 7.92. The van der Waals surface area contributed by atoms with Gasteiger partial charge >= 0.3 is 0 Å². The van der Waals surface area contributed by atoms with Crippen LogP contribution in [0.25, 0.3) is 0 Å². The van der Waals surface area contributed by atoms with Gasteiger partial charge in [0.25, 0.3) is 0 Å². The van der Waals surface area contributed by atoms with E-state index in [9.17, 15) is 0 Å². The van der Waals surface area contributed by atoms with Gasteiger partial charge in [0.1, 0.15) is 5.75 Å². The topological polar surface area (TPSA) is 43.3 Å². The minimum absolute atomic E-state index is 0.474. The number of methoxy groups -OCH3 is 1. The van der Waals surface area contributed by atoms with Gasteiger partial charge in [-0.3, -0.25) is 9.89 Å². The smallest absolute Gasteiger partial charge is 0.194 e. The first-order valence-electron chi connectivity index (χ1n) is 9.04. The Morgan fingerprint density at radius 3 is 2.64 bits per heavy atom. The first-order chi connectivity index (χ1) is 12.0. The second kappa shape index (κ2) is 9.63. The number of piperazine rings is 1. The fourth-order valence-electron chi connectivity index (χ4n) is 3.04. The van der Waals surface area contributed by atoms with Gasteiger partial charge in [-0.1, -0.05) is 12.1 Å². The minimum atomic E-state index is 0.474. The summed E-state index contributed by atoms with van der Waals surface area (Å²) >= 11 is 0. The largest absolute Gasteiger partial charge is 0.497 e. The van der Waals surface area contributed by atoms with Crippen molar-refractivity contribution < 1.29 is 4.74 Å². The molecule has 1 heterocycles. The normalized spacial score (nSPS) is 19.7. The molecule has 1 unspecified atom stereocenters. The van der Waals surface area contributed by atoms with Crippen molar-refractivity contribution in [1.82, 2.24) is 20.0 Å². The van der Waals surface area contributed by atoms with Gasteiger partial charge < -0.3 is 19.9 Å². The van der Waals surface area contributed by atoms with E-state index in [-0.39, 0.29) is 0 Å². The number of likely N-dealkylation sites (N-methyl/N-ethyl adjacent to an activating group) is 2. The van der Waals surface area contributed by atoms with Crippen molar-refractivity contribution in [2.45, 2.75) is 19.5 Å². The van der Waals surface area contributed by atoms with Gasteiger partial charge in [-0.2, -0.15) is 0 Å². The highest BCUT2D eigenvalue weighted by Crippen LogP contribution is 2.13. The maximum atomic E-state index is 5.23. The molecule has 0 saturated carbocycles. The number of rotatable bonds is 6. The van der Waals surface area contributed by atoms with E-state index >= 15 is 0 Å². The van der Waals surface area contributed by atoms with Crippen LogP contribution in [0.3, 0.4) is 0 Å². The van der Waals surface area contributed by atoms with Gasteiger partial charge in [-0.15, -0.1) is 0 Å². The SMILES string of the molecule is CCNC(=NCC1CN(C)CCN1C)N(C)Cc1ccc(OC)cc1. The molecule has 1 saturated heterocycles. The van der Waals surface area contributed by atoms with E-state index in [1.165, 1.54) is 5.56 Å². The summed E-state index contributed by atoms with van der Waals surface area (Å²) in [6, 6.07) is 8.67. The zero-order chi connectivity index (χ0) is 18.2. The lowest BCUT2D eigenvalue weighted by atomic mass is 10.2. The molecule has 6 nitrogen and oxygen atoms in total. The third-order valence-corrected chi connectivity index (χ3v) is 4.71. The lowest BCUT2D eigenvalue weighted by molar-refractivity contribution is 0.119. The summed E-state index contributed by atoms with van der Waals surface area (Å²) in [7, 11) is 8.16. The van der Waals surface area contributed by atoms with Crippen molar-refractivity contribution in [2.24, 2.45) is 4.99 Å². The maximum Gasteiger partial charge on any atom is 0.194 e. The molecule has 1 fully saturated rings. The third kappa shape index (κ3) is 5.90. The molecule has 1 atom stereocenters. The zero-order valence-electron chi connectivity index (χ0n) is 16.3. The number of benzene rings is 1. The predicted octanol–water partition coefficient (Wildman–Crippen LogP) is 1.34. The summed E-state index contributed by atoms with van der Waals surface area (Å²) in [5, 5.41) is 3.41.